The minimum Gasteiger partial charge on any atom is -0.341 e. The number of hydrogen-bond acceptors (Lipinski definition) is 3. The number of amides is 2. The molecule has 2 aliphatic heterocycles. The van der Waals surface area contributed by atoms with Gasteiger partial charge in [-0.2, -0.15) is 0 Å². The molecular formula is C20H29N3O2. The fraction of sp³-hybridized carbons (Fsp3) is 0.600. The Balaban J connectivity index is 1.49. The van der Waals surface area contributed by atoms with Gasteiger partial charge in [-0.15, -0.1) is 0 Å². The number of anilines is 1. The number of fused-ring (bicyclic) bond motifs is 1. The number of rotatable bonds is 6. The second kappa shape index (κ2) is 7.56. The van der Waals surface area contributed by atoms with Crippen LogP contribution in [0, 0.1) is 5.92 Å². The second-order valence-corrected chi connectivity index (χ2v) is 7.57. The highest BCUT2D eigenvalue weighted by Gasteiger charge is 2.34. The molecule has 136 valence electrons. The van der Waals surface area contributed by atoms with Crippen LogP contribution in [0.15, 0.2) is 18.2 Å². The van der Waals surface area contributed by atoms with E-state index in [1.54, 1.807) is 0 Å². The fourth-order valence-electron chi connectivity index (χ4n) is 4.08. The minimum absolute atomic E-state index is 0.0669. The lowest BCUT2D eigenvalue weighted by Crippen LogP contribution is -2.36. The molecule has 0 spiro atoms. The van der Waals surface area contributed by atoms with Gasteiger partial charge in [0.05, 0.1) is 6.42 Å². The molecule has 0 saturated carbocycles. The van der Waals surface area contributed by atoms with Crippen LogP contribution in [-0.4, -0.2) is 54.8 Å². The molecule has 1 fully saturated rings. The average molecular weight is 343 g/mol. The van der Waals surface area contributed by atoms with Crippen LogP contribution in [-0.2, 0) is 22.4 Å². The molecule has 1 aromatic rings. The number of nitrogens with one attached hydrogen (secondary N) is 1. The van der Waals surface area contributed by atoms with Crippen LogP contribution in [0.5, 0.6) is 0 Å². The lowest BCUT2D eigenvalue weighted by atomic mass is 10.0. The number of carbonyl (C=O) groups excluding carboxylic acids is 2. The van der Waals surface area contributed by atoms with Crippen LogP contribution in [0.25, 0.3) is 0 Å². The van der Waals surface area contributed by atoms with Gasteiger partial charge in [0, 0.05) is 31.2 Å². The first-order valence-electron chi connectivity index (χ1n) is 9.33. The Morgan fingerprint density at radius 1 is 1.32 bits per heavy atom. The summed E-state index contributed by atoms with van der Waals surface area (Å²) in [6, 6.07) is 6.62. The lowest BCUT2D eigenvalue weighted by molar-refractivity contribution is -0.130. The van der Waals surface area contributed by atoms with Crippen molar-refractivity contribution < 1.29 is 9.59 Å². The van der Waals surface area contributed by atoms with Crippen LogP contribution < -0.4 is 5.32 Å². The molecule has 2 amide bonds. The number of hydrogen-bond donors (Lipinski definition) is 1. The van der Waals surface area contributed by atoms with Gasteiger partial charge in [-0.3, -0.25) is 9.59 Å². The monoisotopic (exact) mass is 343 g/mol. The zero-order chi connectivity index (χ0) is 18.0. The van der Waals surface area contributed by atoms with Crippen molar-refractivity contribution in [2.45, 2.75) is 45.1 Å². The van der Waals surface area contributed by atoms with Gasteiger partial charge in [0.15, 0.2) is 0 Å². The summed E-state index contributed by atoms with van der Waals surface area (Å²) in [6.45, 7) is 3.96. The van der Waals surface area contributed by atoms with Gasteiger partial charge < -0.3 is 15.1 Å². The highest BCUT2D eigenvalue weighted by atomic mass is 16.2. The Labute approximate surface area is 150 Å². The number of nitrogens with zero attached hydrogens (tertiary/aromatic N) is 2. The average Bonchev–Trinajstić information content (AvgIpc) is 3.16. The molecule has 5 heteroatoms. The summed E-state index contributed by atoms with van der Waals surface area (Å²) in [5.74, 6) is 0.929. The maximum absolute atomic E-state index is 12.5. The van der Waals surface area contributed by atoms with E-state index in [9.17, 15) is 9.59 Å². The third-order valence-electron chi connectivity index (χ3n) is 5.60. The Kier molecular flexibility index (Phi) is 5.42. The van der Waals surface area contributed by atoms with Crippen molar-refractivity contribution in [2.75, 3.05) is 32.5 Å². The highest BCUT2D eigenvalue weighted by molar-refractivity contribution is 5.99. The van der Waals surface area contributed by atoms with Crippen molar-refractivity contribution in [1.29, 1.82) is 0 Å². The van der Waals surface area contributed by atoms with Crippen molar-refractivity contribution >= 4 is 17.5 Å². The normalized spacial score (nSPS) is 22.4. The molecule has 2 aliphatic rings. The summed E-state index contributed by atoms with van der Waals surface area (Å²) in [5, 5.41) is 2.86. The fourth-order valence-corrected chi connectivity index (χ4v) is 4.08. The summed E-state index contributed by atoms with van der Waals surface area (Å²) in [4.78, 5) is 28.3. The highest BCUT2D eigenvalue weighted by Crippen LogP contribution is 2.26. The number of carbonyl (C=O) groups is 2. The summed E-state index contributed by atoms with van der Waals surface area (Å²) in [6.07, 6.45) is 3.94. The molecular weight excluding hydrogens is 314 g/mol. The molecule has 2 atom stereocenters. The van der Waals surface area contributed by atoms with E-state index < -0.39 is 0 Å². The third-order valence-corrected chi connectivity index (χ3v) is 5.60. The number of aryl methyl sites for hydroxylation is 1. The van der Waals surface area contributed by atoms with Crippen molar-refractivity contribution in [2.24, 2.45) is 5.92 Å². The van der Waals surface area contributed by atoms with E-state index in [2.05, 4.69) is 43.4 Å². The molecule has 2 heterocycles. The molecule has 0 aromatic heterocycles. The second-order valence-electron chi connectivity index (χ2n) is 7.57. The molecule has 25 heavy (non-hydrogen) atoms. The number of likely N-dealkylation sites (N-methyl/N-ethyl adjacent to an activating group) is 1. The van der Waals surface area contributed by atoms with E-state index in [0.29, 0.717) is 24.8 Å². The largest absolute Gasteiger partial charge is 0.341 e. The SMILES string of the molecule is CC[C@H]1CN(C(=O)CCCc2ccc3c(c2)CC(=O)N3)C[C@H]1N(C)C. The van der Waals surface area contributed by atoms with Crippen molar-refractivity contribution in [3.8, 4) is 0 Å². The van der Waals surface area contributed by atoms with E-state index >= 15 is 0 Å². The van der Waals surface area contributed by atoms with Gasteiger partial charge in [0.25, 0.3) is 0 Å². The third kappa shape index (κ3) is 4.03. The molecule has 5 nitrogen and oxygen atoms in total. The van der Waals surface area contributed by atoms with Crippen LogP contribution in [0.4, 0.5) is 5.69 Å². The van der Waals surface area contributed by atoms with E-state index in [1.807, 2.05) is 11.0 Å². The molecule has 0 radical (unpaired) electrons. The molecule has 0 aliphatic carbocycles. The zero-order valence-electron chi connectivity index (χ0n) is 15.5. The predicted octanol–water partition coefficient (Wildman–Crippen LogP) is 2.30. The van der Waals surface area contributed by atoms with Crippen LogP contribution in [0.3, 0.4) is 0 Å². The first-order chi connectivity index (χ1) is 12.0. The van der Waals surface area contributed by atoms with Crippen LogP contribution >= 0.6 is 0 Å². The number of likely N-dealkylation sites (tertiary alicyclic amines) is 1. The first-order valence-corrected chi connectivity index (χ1v) is 9.33. The summed E-state index contributed by atoms with van der Waals surface area (Å²) < 4.78 is 0. The van der Waals surface area contributed by atoms with Gasteiger partial charge in [-0.25, -0.2) is 0 Å². The standard InChI is InChI=1S/C20H29N3O2/c1-4-15-12-23(13-18(15)22(2)3)20(25)7-5-6-14-8-9-17-16(10-14)11-19(24)21-17/h8-10,15,18H,4-7,11-13H2,1-3H3,(H,21,24)/t15-,18+/m0/s1. The van der Waals surface area contributed by atoms with Crippen molar-refractivity contribution in [3.05, 3.63) is 29.3 Å². The lowest BCUT2D eigenvalue weighted by Gasteiger charge is -2.23. The van der Waals surface area contributed by atoms with Crippen LogP contribution in [0.1, 0.15) is 37.3 Å². The number of benzene rings is 1. The summed E-state index contributed by atoms with van der Waals surface area (Å²) in [7, 11) is 4.21. The zero-order valence-corrected chi connectivity index (χ0v) is 15.5. The minimum atomic E-state index is 0.0669. The Hall–Kier alpha value is -1.88. The topological polar surface area (TPSA) is 52.7 Å². The molecule has 1 saturated heterocycles. The molecule has 0 bridgehead atoms. The first kappa shape index (κ1) is 17.9. The Morgan fingerprint density at radius 2 is 2.12 bits per heavy atom. The van der Waals surface area contributed by atoms with Gasteiger partial charge in [-0.1, -0.05) is 25.5 Å². The maximum Gasteiger partial charge on any atom is 0.228 e. The van der Waals surface area contributed by atoms with E-state index in [-0.39, 0.29) is 11.8 Å². The van der Waals surface area contributed by atoms with Crippen LogP contribution in [0.2, 0.25) is 0 Å². The Bertz CT molecular complexity index is 656. The van der Waals surface area contributed by atoms with Crippen molar-refractivity contribution in [1.82, 2.24) is 9.80 Å². The summed E-state index contributed by atoms with van der Waals surface area (Å²) >= 11 is 0. The smallest absolute Gasteiger partial charge is 0.228 e. The van der Waals surface area contributed by atoms with Gasteiger partial charge in [0.1, 0.15) is 0 Å². The van der Waals surface area contributed by atoms with E-state index in [4.69, 9.17) is 0 Å². The molecule has 1 aromatic carbocycles. The quantitative estimate of drug-likeness (QED) is 0.862. The van der Waals surface area contributed by atoms with E-state index in [0.717, 1.165) is 43.6 Å². The van der Waals surface area contributed by atoms with Gasteiger partial charge in [0.2, 0.25) is 11.8 Å². The molecule has 3 rings (SSSR count). The van der Waals surface area contributed by atoms with E-state index in [1.165, 1.54) is 5.56 Å². The van der Waals surface area contributed by atoms with Gasteiger partial charge in [-0.05, 0) is 50.0 Å². The Morgan fingerprint density at radius 3 is 2.80 bits per heavy atom. The molecule has 0 unspecified atom stereocenters. The summed E-state index contributed by atoms with van der Waals surface area (Å²) in [5.41, 5.74) is 3.22. The predicted molar refractivity (Wildman–Crippen MR) is 99.5 cm³/mol. The molecule has 1 N–H and O–H groups in total. The maximum atomic E-state index is 12.5. The van der Waals surface area contributed by atoms with Crippen molar-refractivity contribution in [3.63, 3.8) is 0 Å². The van der Waals surface area contributed by atoms with Gasteiger partial charge >= 0.3 is 0 Å².